The number of halogens is 2. The Morgan fingerprint density at radius 2 is 2.09 bits per heavy atom. The number of ether oxygens (including phenoxy) is 1. The van der Waals surface area contributed by atoms with Crippen molar-refractivity contribution in [1.82, 2.24) is 4.98 Å². The van der Waals surface area contributed by atoms with Crippen molar-refractivity contribution in [1.29, 1.82) is 0 Å². The Kier molecular flexibility index (Phi) is 4.04. The van der Waals surface area contributed by atoms with Crippen molar-refractivity contribution in [2.24, 2.45) is 5.92 Å². The average Bonchev–Trinajstić information content (AvgIpc) is 3.11. The van der Waals surface area contributed by atoms with Gasteiger partial charge in [-0.1, -0.05) is 25.1 Å². The highest BCUT2D eigenvalue weighted by atomic mass is 35.5. The van der Waals surface area contributed by atoms with Gasteiger partial charge in [-0.15, -0.1) is 23.2 Å². The van der Waals surface area contributed by atoms with Gasteiger partial charge in [0.2, 0.25) is 0 Å². The first-order valence-corrected chi connectivity index (χ1v) is 8.12. The minimum Gasteiger partial charge on any atom is -0.462 e. The molecule has 1 aromatic heterocycles. The average molecular weight is 338 g/mol. The smallest absolute Gasteiger partial charge is 0.339 e. The number of para-hydroxylation sites is 1. The zero-order chi connectivity index (χ0) is 15.9. The quantitative estimate of drug-likeness (QED) is 0.610. The highest BCUT2D eigenvalue weighted by Gasteiger charge is 2.52. The van der Waals surface area contributed by atoms with E-state index in [0.29, 0.717) is 12.0 Å². The van der Waals surface area contributed by atoms with E-state index in [1.54, 1.807) is 0 Å². The van der Waals surface area contributed by atoms with Crippen molar-refractivity contribution in [2.45, 2.75) is 31.0 Å². The maximum atomic E-state index is 12.6. The second kappa shape index (κ2) is 5.71. The van der Waals surface area contributed by atoms with Crippen LogP contribution < -0.4 is 0 Å². The van der Waals surface area contributed by atoms with E-state index < -0.39 is 4.33 Å². The molecule has 1 fully saturated rings. The molecule has 0 aliphatic heterocycles. The van der Waals surface area contributed by atoms with Gasteiger partial charge in [0.15, 0.2) is 0 Å². The van der Waals surface area contributed by atoms with Crippen molar-refractivity contribution in [3.05, 3.63) is 41.1 Å². The molecule has 0 spiro atoms. The number of alkyl halides is 2. The van der Waals surface area contributed by atoms with Gasteiger partial charge in [0, 0.05) is 17.0 Å². The SMILES string of the molecule is CCc1nc2ccccc2c(C(=O)OC[C@H]2CC2(Cl)Cl)c1C. The lowest BCUT2D eigenvalue weighted by Gasteiger charge is -2.13. The number of hydrogen-bond acceptors (Lipinski definition) is 3. The molecule has 1 aromatic carbocycles. The van der Waals surface area contributed by atoms with E-state index in [1.165, 1.54) is 0 Å². The van der Waals surface area contributed by atoms with Gasteiger partial charge in [-0.25, -0.2) is 4.79 Å². The van der Waals surface area contributed by atoms with E-state index in [1.807, 2.05) is 38.1 Å². The van der Waals surface area contributed by atoms with Gasteiger partial charge in [-0.2, -0.15) is 0 Å². The number of hydrogen-bond donors (Lipinski definition) is 0. The molecule has 1 aliphatic carbocycles. The van der Waals surface area contributed by atoms with E-state index in [9.17, 15) is 4.79 Å². The van der Waals surface area contributed by atoms with Crippen LogP contribution in [-0.2, 0) is 11.2 Å². The molecular weight excluding hydrogens is 321 g/mol. The Morgan fingerprint density at radius 3 is 2.73 bits per heavy atom. The van der Waals surface area contributed by atoms with Crippen molar-refractivity contribution in [2.75, 3.05) is 6.61 Å². The van der Waals surface area contributed by atoms with Crippen molar-refractivity contribution < 1.29 is 9.53 Å². The molecule has 0 bridgehead atoms. The Morgan fingerprint density at radius 1 is 1.41 bits per heavy atom. The Bertz CT molecular complexity index is 743. The molecule has 5 heteroatoms. The molecule has 0 unspecified atom stereocenters. The zero-order valence-corrected chi connectivity index (χ0v) is 14.0. The molecule has 1 saturated carbocycles. The molecule has 1 heterocycles. The standard InChI is InChI=1S/C17H17Cl2NO2/c1-3-13-10(2)15(12-6-4-5-7-14(12)20-13)16(21)22-9-11-8-17(11,18)19/h4-7,11H,3,8-9H2,1-2H3/t11-/m1/s1. The third kappa shape index (κ3) is 2.80. The van der Waals surface area contributed by atoms with Gasteiger partial charge in [0.1, 0.15) is 4.33 Å². The van der Waals surface area contributed by atoms with E-state index in [-0.39, 0.29) is 18.5 Å². The van der Waals surface area contributed by atoms with Crippen molar-refractivity contribution in [3.8, 4) is 0 Å². The second-order valence-corrected chi connectivity index (χ2v) is 7.23. The first kappa shape index (κ1) is 15.6. The van der Waals surface area contributed by atoms with Crippen LogP contribution in [0.4, 0.5) is 0 Å². The van der Waals surface area contributed by atoms with Crippen LogP contribution in [0.1, 0.15) is 35.0 Å². The summed E-state index contributed by atoms with van der Waals surface area (Å²) in [7, 11) is 0. The summed E-state index contributed by atoms with van der Waals surface area (Å²) in [5, 5.41) is 0.820. The number of rotatable bonds is 4. The molecule has 0 saturated heterocycles. The fraction of sp³-hybridized carbons (Fsp3) is 0.412. The summed E-state index contributed by atoms with van der Waals surface area (Å²) in [4.78, 5) is 17.2. The van der Waals surface area contributed by atoms with Crippen LogP contribution in [0.5, 0.6) is 0 Å². The Labute approximate surface area is 139 Å². The van der Waals surface area contributed by atoms with Crippen LogP contribution >= 0.6 is 23.2 Å². The van der Waals surface area contributed by atoms with E-state index >= 15 is 0 Å². The molecule has 1 aliphatic rings. The third-order valence-electron chi connectivity index (χ3n) is 4.15. The predicted octanol–water partition coefficient (Wildman–Crippen LogP) is 4.46. The minimum atomic E-state index is -0.732. The summed E-state index contributed by atoms with van der Waals surface area (Å²) >= 11 is 11.9. The summed E-state index contributed by atoms with van der Waals surface area (Å²) in [6.07, 6.45) is 1.44. The monoisotopic (exact) mass is 337 g/mol. The summed E-state index contributed by atoms with van der Waals surface area (Å²) in [6.45, 7) is 4.20. The predicted molar refractivity (Wildman–Crippen MR) is 88.7 cm³/mol. The zero-order valence-electron chi connectivity index (χ0n) is 12.5. The van der Waals surface area contributed by atoms with E-state index in [0.717, 1.165) is 28.6 Å². The third-order valence-corrected chi connectivity index (χ3v) is 5.07. The molecule has 1 atom stereocenters. The van der Waals surface area contributed by atoms with Crippen LogP contribution in [0.3, 0.4) is 0 Å². The molecule has 2 aromatic rings. The summed E-state index contributed by atoms with van der Waals surface area (Å²) < 4.78 is 4.71. The number of fused-ring (bicyclic) bond motifs is 1. The lowest BCUT2D eigenvalue weighted by molar-refractivity contribution is 0.0486. The maximum absolute atomic E-state index is 12.6. The fourth-order valence-corrected chi connectivity index (χ4v) is 3.16. The minimum absolute atomic E-state index is 0.0267. The van der Waals surface area contributed by atoms with E-state index in [2.05, 4.69) is 4.98 Å². The van der Waals surface area contributed by atoms with E-state index in [4.69, 9.17) is 27.9 Å². The number of carbonyl (C=O) groups excluding carboxylic acids is 1. The van der Waals surface area contributed by atoms with Gasteiger partial charge < -0.3 is 4.74 Å². The number of carbonyl (C=O) groups is 1. The highest BCUT2D eigenvalue weighted by molar-refractivity contribution is 6.50. The van der Waals surface area contributed by atoms with Gasteiger partial charge in [0.25, 0.3) is 0 Å². The molecule has 116 valence electrons. The first-order chi connectivity index (χ1) is 10.4. The molecular formula is C17H17Cl2NO2. The fourth-order valence-electron chi connectivity index (χ4n) is 2.66. The number of esters is 1. The number of aromatic nitrogens is 1. The van der Waals surface area contributed by atoms with Crippen molar-refractivity contribution in [3.63, 3.8) is 0 Å². The summed E-state index contributed by atoms with van der Waals surface area (Å²) in [5.41, 5.74) is 3.20. The Balaban J connectivity index is 1.94. The van der Waals surface area contributed by atoms with Crippen LogP contribution in [0.2, 0.25) is 0 Å². The molecule has 3 rings (SSSR count). The summed E-state index contributed by atoms with van der Waals surface area (Å²) in [5.74, 6) is -0.305. The van der Waals surface area contributed by atoms with Crippen LogP contribution in [-0.4, -0.2) is 21.9 Å². The van der Waals surface area contributed by atoms with Gasteiger partial charge >= 0.3 is 5.97 Å². The topological polar surface area (TPSA) is 39.2 Å². The van der Waals surface area contributed by atoms with Gasteiger partial charge in [-0.05, 0) is 31.4 Å². The van der Waals surface area contributed by atoms with Crippen molar-refractivity contribution >= 4 is 40.1 Å². The number of nitrogens with zero attached hydrogens (tertiary/aromatic N) is 1. The molecule has 3 nitrogen and oxygen atoms in total. The summed E-state index contributed by atoms with van der Waals surface area (Å²) in [6, 6.07) is 7.62. The lowest BCUT2D eigenvalue weighted by Crippen LogP contribution is -2.13. The van der Waals surface area contributed by atoms with Gasteiger partial charge in [-0.3, -0.25) is 4.98 Å². The number of aryl methyl sites for hydroxylation is 1. The second-order valence-electron chi connectivity index (χ2n) is 5.69. The number of pyridine rings is 1. The molecule has 0 amide bonds. The molecule has 0 N–H and O–H groups in total. The van der Waals surface area contributed by atoms with Crippen LogP contribution in [0, 0.1) is 12.8 Å². The highest BCUT2D eigenvalue weighted by Crippen LogP contribution is 2.53. The van der Waals surface area contributed by atoms with Gasteiger partial charge in [0.05, 0.1) is 17.7 Å². The Hall–Kier alpha value is -1.32. The van der Waals surface area contributed by atoms with Crippen LogP contribution in [0.25, 0.3) is 10.9 Å². The maximum Gasteiger partial charge on any atom is 0.339 e. The molecule has 22 heavy (non-hydrogen) atoms. The number of benzene rings is 1. The molecule has 0 radical (unpaired) electrons. The largest absolute Gasteiger partial charge is 0.462 e. The first-order valence-electron chi connectivity index (χ1n) is 7.37. The van der Waals surface area contributed by atoms with Crippen LogP contribution in [0.15, 0.2) is 24.3 Å². The lowest BCUT2D eigenvalue weighted by atomic mass is 10.0. The normalized spacial score (nSPS) is 19.2.